The van der Waals surface area contributed by atoms with Crippen LogP contribution < -0.4 is 0 Å². The second kappa shape index (κ2) is 6.55. The van der Waals surface area contributed by atoms with E-state index in [-0.39, 0.29) is 0 Å². The van der Waals surface area contributed by atoms with Gasteiger partial charge in [0, 0.05) is 9.50 Å². The third-order valence-corrected chi connectivity index (χ3v) is 4.48. The maximum absolute atomic E-state index is 6.14. The number of halogens is 2. The first kappa shape index (κ1) is 15.1. The van der Waals surface area contributed by atoms with Crippen LogP contribution >= 0.6 is 27.5 Å². The van der Waals surface area contributed by atoms with E-state index in [9.17, 15) is 0 Å². The molecule has 0 saturated heterocycles. The van der Waals surface area contributed by atoms with Gasteiger partial charge in [-0.05, 0) is 51.7 Å². The van der Waals surface area contributed by atoms with Crippen molar-refractivity contribution >= 4 is 44.4 Å². The normalized spacial score (nSPS) is 11.2. The lowest BCUT2D eigenvalue weighted by Gasteiger charge is -2.12. The molecule has 3 aromatic carbocycles. The van der Waals surface area contributed by atoms with Gasteiger partial charge in [0.25, 0.3) is 0 Å². The smallest absolute Gasteiger partial charge is 0.0830 e. The summed E-state index contributed by atoms with van der Waals surface area (Å²) in [6, 6.07) is 18.5. The Morgan fingerprint density at radius 2 is 1.68 bits per heavy atom. The highest BCUT2D eigenvalue weighted by molar-refractivity contribution is 9.10. The number of benzene rings is 3. The average molecular weight is 374 g/mol. The summed E-state index contributed by atoms with van der Waals surface area (Å²) in [7, 11) is 1.63. The van der Waals surface area contributed by atoms with Gasteiger partial charge in [0.05, 0.1) is 13.4 Å². The van der Waals surface area contributed by atoms with Crippen molar-refractivity contribution in [3.05, 3.63) is 75.9 Å². The Balaban J connectivity index is 2.28. The van der Waals surface area contributed by atoms with E-state index < -0.39 is 0 Å². The molecular formula is C19H14BrClO. The molecule has 1 nitrogen and oxygen atoms in total. The van der Waals surface area contributed by atoms with Gasteiger partial charge in [-0.2, -0.15) is 0 Å². The number of methoxy groups -OCH3 is 1. The van der Waals surface area contributed by atoms with E-state index in [0.29, 0.717) is 5.02 Å². The third kappa shape index (κ3) is 2.90. The topological polar surface area (TPSA) is 9.23 Å². The van der Waals surface area contributed by atoms with E-state index >= 15 is 0 Å². The standard InChI is InChI=1S/C19H14BrClO/c1-22-11-10-13-12-14(21)6-7-15(13)17-8-9-19(20)18-5-3-2-4-16(17)18/h2-12H,1H3/b11-10-. The van der Waals surface area contributed by atoms with Crippen LogP contribution in [0, 0.1) is 0 Å². The second-order valence-electron chi connectivity index (χ2n) is 4.91. The minimum atomic E-state index is 0.709. The van der Waals surface area contributed by atoms with Crippen LogP contribution in [0.25, 0.3) is 28.0 Å². The molecule has 0 aliphatic heterocycles. The summed E-state index contributed by atoms with van der Waals surface area (Å²) in [4.78, 5) is 0. The quantitative estimate of drug-likeness (QED) is 0.474. The molecule has 0 unspecified atom stereocenters. The Hall–Kier alpha value is -1.77. The fourth-order valence-corrected chi connectivity index (χ4v) is 3.21. The molecule has 0 amide bonds. The van der Waals surface area contributed by atoms with E-state index in [0.717, 1.165) is 15.6 Å². The highest BCUT2D eigenvalue weighted by atomic mass is 79.9. The zero-order chi connectivity index (χ0) is 15.5. The van der Waals surface area contributed by atoms with Crippen LogP contribution in [-0.2, 0) is 4.74 Å². The zero-order valence-corrected chi connectivity index (χ0v) is 14.4. The van der Waals surface area contributed by atoms with Gasteiger partial charge in [-0.25, -0.2) is 0 Å². The van der Waals surface area contributed by atoms with Crippen molar-refractivity contribution in [2.45, 2.75) is 0 Å². The molecule has 0 heterocycles. The molecule has 22 heavy (non-hydrogen) atoms. The fraction of sp³-hybridized carbons (Fsp3) is 0.0526. The Morgan fingerprint density at radius 1 is 0.955 bits per heavy atom. The molecule has 0 aliphatic rings. The molecule has 0 N–H and O–H groups in total. The SMILES string of the molecule is CO/C=C\c1cc(Cl)ccc1-c1ccc(Br)c2ccccc12. The maximum Gasteiger partial charge on any atom is 0.0830 e. The predicted octanol–water partition coefficient (Wildman–Crippen LogP) is 6.54. The lowest BCUT2D eigenvalue weighted by atomic mass is 9.94. The van der Waals surface area contributed by atoms with Crippen molar-refractivity contribution in [3.8, 4) is 11.1 Å². The van der Waals surface area contributed by atoms with Crippen molar-refractivity contribution in [3.63, 3.8) is 0 Å². The van der Waals surface area contributed by atoms with Crippen LogP contribution in [0.2, 0.25) is 5.02 Å². The summed E-state index contributed by atoms with van der Waals surface area (Å²) in [6.07, 6.45) is 3.59. The molecule has 0 spiro atoms. The van der Waals surface area contributed by atoms with Gasteiger partial charge in [-0.15, -0.1) is 0 Å². The van der Waals surface area contributed by atoms with Crippen LogP contribution in [0.15, 0.2) is 65.3 Å². The fourth-order valence-electron chi connectivity index (χ4n) is 2.56. The molecule has 0 aromatic heterocycles. The summed E-state index contributed by atoms with van der Waals surface area (Å²) in [5.41, 5.74) is 3.33. The minimum Gasteiger partial charge on any atom is -0.504 e. The number of fused-ring (bicyclic) bond motifs is 1. The van der Waals surface area contributed by atoms with Gasteiger partial charge in [-0.1, -0.05) is 63.9 Å². The third-order valence-electron chi connectivity index (χ3n) is 3.56. The summed E-state index contributed by atoms with van der Waals surface area (Å²) >= 11 is 9.77. The molecule has 3 rings (SSSR count). The number of rotatable bonds is 3. The van der Waals surface area contributed by atoms with E-state index in [1.807, 2.05) is 30.3 Å². The number of hydrogen-bond acceptors (Lipinski definition) is 1. The highest BCUT2D eigenvalue weighted by Gasteiger charge is 2.09. The molecule has 0 fully saturated rings. The molecule has 110 valence electrons. The average Bonchev–Trinajstić information content (AvgIpc) is 2.54. The van der Waals surface area contributed by atoms with Gasteiger partial charge in [0.1, 0.15) is 0 Å². The maximum atomic E-state index is 6.14. The highest BCUT2D eigenvalue weighted by Crippen LogP contribution is 2.36. The Kier molecular flexibility index (Phi) is 4.51. The van der Waals surface area contributed by atoms with Crippen LogP contribution in [0.4, 0.5) is 0 Å². The molecule has 3 aromatic rings. The van der Waals surface area contributed by atoms with Crippen molar-refractivity contribution in [2.24, 2.45) is 0 Å². The van der Waals surface area contributed by atoms with Crippen molar-refractivity contribution < 1.29 is 4.74 Å². The number of hydrogen-bond donors (Lipinski definition) is 0. The van der Waals surface area contributed by atoms with E-state index in [2.05, 4.69) is 46.3 Å². The summed E-state index contributed by atoms with van der Waals surface area (Å²) in [5, 5.41) is 3.10. The lowest BCUT2D eigenvalue weighted by Crippen LogP contribution is -1.87. The van der Waals surface area contributed by atoms with E-state index in [1.165, 1.54) is 16.3 Å². The first-order chi connectivity index (χ1) is 10.7. The Bertz CT molecular complexity index is 855. The van der Waals surface area contributed by atoms with Crippen LogP contribution in [0.5, 0.6) is 0 Å². The van der Waals surface area contributed by atoms with Crippen molar-refractivity contribution in [1.29, 1.82) is 0 Å². The summed E-state index contributed by atoms with van der Waals surface area (Å²) in [6.45, 7) is 0. The number of ether oxygens (including phenoxy) is 1. The Morgan fingerprint density at radius 3 is 2.45 bits per heavy atom. The molecule has 3 heteroatoms. The molecular weight excluding hydrogens is 360 g/mol. The minimum absolute atomic E-state index is 0.709. The summed E-state index contributed by atoms with van der Waals surface area (Å²) < 4.78 is 6.14. The van der Waals surface area contributed by atoms with Crippen molar-refractivity contribution in [1.82, 2.24) is 0 Å². The Labute approximate surface area is 143 Å². The predicted molar refractivity (Wildman–Crippen MR) is 98.1 cm³/mol. The van der Waals surface area contributed by atoms with Gasteiger partial charge in [-0.3, -0.25) is 0 Å². The lowest BCUT2D eigenvalue weighted by molar-refractivity contribution is 0.341. The second-order valence-corrected chi connectivity index (χ2v) is 6.20. The summed E-state index contributed by atoms with van der Waals surface area (Å²) in [5.74, 6) is 0. The van der Waals surface area contributed by atoms with Gasteiger partial charge >= 0.3 is 0 Å². The molecule has 0 atom stereocenters. The van der Waals surface area contributed by atoms with Gasteiger partial charge in [0.15, 0.2) is 0 Å². The van der Waals surface area contributed by atoms with Crippen LogP contribution in [0.1, 0.15) is 5.56 Å². The first-order valence-electron chi connectivity index (χ1n) is 6.87. The largest absolute Gasteiger partial charge is 0.504 e. The van der Waals surface area contributed by atoms with Gasteiger partial charge < -0.3 is 4.74 Å². The van der Waals surface area contributed by atoms with Gasteiger partial charge in [0.2, 0.25) is 0 Å². The molecule has 0 saturated carbocycles. The molecule has 0 bridgehead atoms. The molecule has 0 aliphatic carbocycles. The first-order valence-corrected chi connectivity index (χ1v) is 8.04. The van der Waals surface area contributed by atoms with Crippen molar-refractivity contribution in [2.75, 3.05) is 7.11 Å². The molecule has 0 radical (unpaired) electrons. The van der Waals surface area contributed by atoms with Crippen LogP contribution in [0.3, 0.4) is 0 Å². The zero-order valence-electron chi connectivity index (χ0n) is 12.0. The van der Waals surface area contributed by atoms with E-state index in [4.69, 9.17) is 16.3 Å². The van der Waals surface area contributed by atoms with E-state index in [1.54, 1.807) is 13.4 Å². The van der Waals surface area contributed by atoms with Crippen LogP contribution in [-0.4, -0.2) is 7.11 Å². The monoisotopic (exact) mass is 372 g/mol.